The van der Waals surface area contributed by atoms with Gasteiger partial charge >= 0.3 is 0 Å². The molecule has 1 amide bonds. The van der Waals surface area contributed by atoms with Crippen LogP contribution < -0.4 is 10.6 Å². The van der Waals surface area contributed by atoms with Gasteiger partial charge in [-0.2, -0.15) is 0 Å². The largest absolute Gasteiger partial charge is 0.370 e. The Morgan fingerprint density at radius 1 is 1.47 bits per heavy atom. The molecule has 19 heavy (non-hydrogen) atoms. The van der Waals surface area contributed by atoms with Crippen molar-refractivity contribution < 1.29 is 4.79 Å². The van der Waals surface area contributed by atoms with Crippen LogP contribution in [0.5, 0.6) is 0 Å². The summed E-state index contributed by atoms with van der Waals surface area (Å²) in [5, 5.41) is 6.22. The SMILES string of the molecule is CCNc1cc(C(=O)NCC2(C3CC3)CC2)ccn1. The maximum Gasteiger partial charge on any atom is 0.251 e. The third kappa shape index (κ3) is 2.72. The molecule has 0 unspecified atom stereocenters. The van der Waals surface area contributed by atoms with Crippen LogP contribution in [-0.4, -0.2) is 24.0 Å². The lowest BCUT2D eigenvalue weighted by atomic mass is 10.0. The Kier molecular flexibility index (Phi) is 3.17. The van der Waals surface area contributed by atoms with Crippen LogP contribution in [-0.2, 0) is 0 Å². The summed E-state index contributed by atoms with van der Waals surface area (Å²) in [6.07, 6.45) is 6.97. The molecule has 2 N–H and O–H groups in total. The van der Waals surface area contributed by atoms with Crippen molar-refractivity contribution in [1.29, 1.82) is 0 Å². The highest BCUT2D eigenvalue weighted by Gasteiger charge is 2.53. The highest BCUT2D eigenvalue weighted by molar-refractivity contribution is 5.94. The summed E-state index contributed by atoms with van der Waals surface area (Å²) in [5.74, 6) is 1.66. The van der Waals surface area contributed by atoms with E-state index in [0.29, 0.717) is 11.0 Å². The Balaban J connectivity index is 1.59. The monoisotopic (exact) mass is 259 g/mol. The van der Waals surface area contributed by atoms with Crippen molar-refractivity contribution in [2.75, 3.05) is 18.4 Å². The zero-order valence-corrected chi connectivity index (χ0v) is 11.4. The molecule has 102 valence electrons. The van der Waals surface area contributed by atoms with Gasteiger partial charge in [0.05, 0.1) is 0 Å². The summed E-state index contributed by atoms with van der Waals surface area (Å²) in [6, 6.07) is 3.59. The van der Waals surface area contributed by atoms with Crippen LogP contribution in [0.25, 0.3) is 0 Å². The van der Waals surface area contributed by atoms with Gasteiger partial charge in [0.1, 0.15) is 5.82 Å². The quantitative estimate of drug-likeness (QED) is 0.825. The number of carbonyl (C=O) groups excluding carboxylic acids is 1. The maximum absolute atomic E-state index is 12.2. The smallest absolute Gasteiger partial charge is 0.251 e. The topological polar surface area (TPSA) is 54.0 Å². The summed E-state index contributed by atoms with van der Waals surface area (Å²) in [6.45, 7) is 3.67. The van der Waals surface area contributed by atoms with Gasteiger partial charge in [0.15, 0.2) is 0 Å². The van der Waals surface area contributed by atoms with E-state index in [9.17, 15) is 4.79 Å². The highest BCUT2D eigenvalue weighted by Crippen LogP contribution is 2.60. The Morgan fingerprint density at radius 3 is 2.89 bits per heavy atom. The molecule has 2 fully saturated rings. The lowest BCUT2D eigenvalue weighted by molar-refractivity contribution is 0.0942. The third-order valence-electron chi connectivity index (χ3n) is 4.32. The van der Waals surface area contributed by atoms with Crippen molar-refractivity contribution in [3.8, 4) is 0 Å². The van der Waals surface area contributed by atoms with Crippen molar-refractivity contribution >= 4 is 11.7 Å². The Morgan fingerprint density at radius 2 is 2.26 bits per heavy atom. The van der Waals surface area contributed by atoms with Gasteiger partial charge in [0.25, 0.3) is 5.91 Å². The summed E-state index contributed by atoms with van der Waals surface area (Å²) >= 11 is 0. The van der Waals surface area contributed by atoms with Crippen LogP contribution in [0.4, 0.5) is 5.82 Å². The molecule has 4 nitrogen and oxygen atoms in total. The van der Waals surface area contributed by atoms with E-state index in [1.807, 2.05) is 13.0 Å². The number of hydrogen-bond acceptors (Lipinski definition) is 3. The molecule has 0 bridgehead atoms. The molecule has 3 rings (SSSR count). The fourth-order valence-corrected chi connectivity index (χ4v) is 2.79. The predicted molar refractivity (Wildman–Crippen MR) is 75.1 cm³/mol. The number of pyridine rings is 1. The normalized spacial score (nSPS) is 19.8. The molecule has 4 heteroatoms. The zero-order valence-electron chi connectivity index (χ0n) is 11.4. The van der Waals surface area contributed by atoms with Crippen molar-refractivity contribution in [2.24, 2.45) is 11.3 Å². The summed E-state index contributed by atoms with van der Waals surface area (Å²) in [7, 11) is 0. The van der Waals surface area contributed by atoms with E-state index >= 15 is 0 Å². The summed E-state index contributed by atoms with van der Waals surface area (Å²) in [5.41, 5.74) is 1.14. The first kappa shape index (κ1) is 12.5. The van der Waals surface area contributed by atoms with E-state index in [-0.39, 0.29) is 5.91 Å². The Labute approximate surface area is 114 Å². The molecule has 0 radical (unpaired) electrons. The summed E-state index contributed by atoms with van der Waals surface area (Å²) in [4.78, 5) is 16.3. The van der Waals surface area contributed by atoms with Gasteiger partial charge in [-0.1, -0.05) is 0 Å². The Hall–Kier alpha value is -1.58. The van der Waals surface area contributed by atoms with Gasteiger partial charge in [-0.05, 0) is 56.1 Å². The minimum atomic E-state index is 0.0217. The van der Waals surface area contributed by atoms with Crippen LogP contribution in [0.15, 0.2) is 18.3 Å². The molecule has 2 aliphatic rings. The standard InChI is InChI=1S/C15H21N3O/c1-2-16-13-9-11(5-8-17-13)14(19)18-10-15(6-7-15)12-3-4-12/h5,8-9,12H,2-4,6-7,10H2,1H3,(H,16,17)(H,18,19). The van der Waals surface area contributed by atoms with E-state index in [4.69, 9.17) is 0 Å². The van der Waals surface area contributed by atoms with Gasteiger partial charge in [-0.15, -0.1) is 0 Å². The molecule has 0 atom stereocenters. The molecule has 0 spiro atoms. The van der Waals surface area contributed by atoms with Gasteiger partial charge in [0.2, 0.25) is 0 Å². The second-order valence-corrected chi connectivity index (χ2v) is 5.78. The number of nitrogens with zero attached hydrogens (tertiary/aromatic N) is 1. The second-order valence-electron chi connectivity index (χ2n) is 5.78. The van der Waals surface area contributed by atoms with E-state index in [2.05, 4.69) is 15.6 Å². The zero-order chi connectivity index (χ0) is 13.3. The first-order chi connectivity index (χ1) is 9.23. The molecule has 2 aliphatic carbocycles. The van der Waals surface area contributed by atoms with Gasteiger partial charge < -0.3 is 10.6 Å². The van der Waals surface area contributed by atoms with Gasteiger partial charge in [0, 0.05) is 24.8 Å². The number of rotatable bonds is 6. The van der Waals surface area contributed by atoms with Crippen LogP contribution in [0, 0.1) is 11.3 Å². The van der Waals surface area contributed by atoms with Crippen LogP contribution in [0.1, 0.15) is 43.0 Å². The molecule has 1 aromatic heterocycles. The lowest BCUT2D eigenvalue weighted by Crippen LogP contribution is -2.31. The maximum atomic E-state index is 12.2. The molecule has 0 aliphatic heterocycles. The molecule has 0 aromatic carbocycles. The minimum Gasteiger partial charge on any atom is -0.370 e. The van der Waals surface area contributed by atoms with Gasteiger partial charge in [-0.25, -0.2) is 4.98 Å². The first-order valence-corrected chi connectivity index (χ1v) is 7.22. The molecular weight excluding hydrogens is 238 g/mol. The molecule has 0 saturated heterocycles. The highest BCUT2D eigenvalue weighted by atomic mass is 16.1. The number of amides is 1. The molecule has 1 heterocycles. The molecule has 1 aromatic rings. The number of carbonyl (C=O) groups is 1. The van der Waals surface area contributed by atoms with Crippen molar-refractivity contribution in [3.63, 3.8) is 0 Å². The first-order valence-electron chi connectivity index (χ1n) is 7.22. The number of aromatic nitrogens is 1. The third-order valence-corrected chi connectivity index (χ3v) is 4.32. The fourth-order valence-electron chi connectivity index (χ4n) is 2.79. The van der Waals surface area contributed by atoms with Gasteiger partial charge in [-0.3, -0.25) is 4.79 Å². The molecule has 2 saturated carbocycles. The van der Waals surface area contributed by atoms with Crippen molar-refractivity contribution in [3.05, 3.63) is 23.9 Å². The Bertz CT molecular complexity index is 478. The number of hydrogen-bond donors (Lipinski definition) is 2. The second kappa shape index (κ2) is 4.83. The van der Waals surface area contributed by atoms with Crippen molar-refractivity contribution in [1.82, 2.24) is 10.3 Å². The van der Waals surface area contributed by atoms with Crippen molar-refractivity contribution in [2.45, 2.75) is 32.6 Å². The summed E-state index contributed by atoms with van der Waals surface area (Å²) < 4.78 is 0. The van der Waals surface area contributed by atoms with E-state index in [1.54, 1.807) is 12.3 Å². The van der Waals surface area contributed by atoms with Crippen LogP contribution >= 0.6 is 0 Å². The average molecular weight is 259 g/mol. The van der Waals surface area contributed by atoms with Crippen LogP contribution in [0.3, 0.4) is 0 Å². The fraction of sp³-hybridized carbons (Fsp3) is 0.600. The number of nitrogens with one attached hydrogen (secondary N) is 2. The van der Waals surface area contributed by atoms with Crippen LogP contribution in [0.2, 0.25) is 0 Å². The lowest BCUT2D eigenvalue weighted by Gasteiger charge is -2.15. The average Bonchev–Trinajstić information content (AvgIpc) is 3.28. The predicted octanol–water partition coefficient (Wildman–Crippen LogP) is 2.43. The van der Waals surface area contributed by atoms with E-state index in [0.717, 1.165) is 24.8 Å². The van der Waals surface area contributed by atoms with E-state index < -0.39 is 0 Å². The number of anilines is 1. The van der Waals surface area contributed by atoms with E-state index in [1.165, 1.54) is 25.7 Å². The minimum absolute atomic E-state index is 0.0217. The molecular formula is C15H21N3O.